The molecule has 0 bridgehead atoms. The summed E-state index contributed by atoms with van der Waals surface area (Å²) in [7, 11) is 0. The third-order valence-corrected chi connectivity index (χ3v) is 4.51. The van der Waals surface area contributed by atoms with Crippen molar-refractivity contribution in [3.63, 3.8) is 0 Å². The van der Waals surface area contributed by atoms with Crippen molar-refractivity contribution in [1.29, 1.82) is 0 Å². The number of hydrogen-bond acceptors (Lipinski definition) is 5. The normalized spacial score (nSPS) is 25.3. The van der Waals surface area contributed by atoms with E-state index in [-0.39, 0.29) is 5.92 Å². The number of carboxylic acids is 1. The lowest BCUT2D eigenvalue weighted by Gasteiger charge is -2.35. The van der Waals surface area contributed by atoms with Gasteiger partial charge in [-0.3, -0.25) is 4.68 Å². The van der Waals surface area contributed by atoms with Crippen molar-refractivity contribution in [1.82, 2.24) is 19.9 Å². The number of aliphatic carboxylic acids is 1. The van der Waals surface area contributed by atoms with Crippen molar-refractivity contribution in [3.8, 4) is 0 Å². The zero-order valence-corrected chi connectivity index (χ0v) is 12.8. The summed E-state index contributed by atoms with van der Waals surface area (Å²) in [5.74, 6) is 0.644. The average Bonchev–Trinajstić information content (AvgIpc) is 3.16. The van der Waals surface area contributed by atoms with Crippen LogP contribution in [0, 0.1) is 6.92 Å². The molecule has 0 atom stereocenters. The SMILES string of the molecule is CCc1noc(C2CCC(C(=O)O)(n3cc(C)cn3)CC2)n1. The van der Waals surface area contributed by atoms with Crippen molar-refractivity contribution >= 4 is 5.97 Å². The Bertz CT molecular complexity index is 668. The molecule has 0 aromatic carbocycles. The molecule has 1 saturated carbocycles. The highest BCUT2D eigenvalue weighted by molar-refractivity contribution is 5.76. The quantitative estimate of drug-likeness (QED) is 0.931. The molecule has 0 amide bonds. The molecule has 7 heteroatoms. The molecule has 1 fully saturated rings. The van der Waals surface area contributed by atoms with Crippen LogP contribution in [0.5, 0.6) is 0 Å². The minimum atomic E-state index is -0.960. The Balaban J connectivity index is 1.79. The second-order valence-electron chi connectivity index (χ2n) is 5.98. The highest BCUT2D eigenvalue weighted by atomic mass is 16.5. The molecule has 1 N–H and O–H groups in total. The Labute approximate surface area is 128 Å². The van der Waals surface area contributed by atoms with Crippen LogP contribution in [0.2, 0.25) is 0 Å². The van der Waals surface area contributed by atoms with Gasteiger partial charge in [0.2, 0.25) is 5.89 Å². The number of carbonyl (C=O) groups is 1. The average molecular weight is 304 g/mol. The number of rotatable bonds is 4. The number of nitrogens with zero attached hydrogens (tertiary/aromatic N) is 4. The van der Waals surface area contributed by atoms with Gasteiger partial charge in [0.15, 0.2) is 11.4 Å². The van der Waals surface area contributed by atoms with E-state index in [2.05, 4.69) is 15.2 Å². The fraction of sp³-hybridized carbons (Fsp3) is 0.600. The molecular formula is C15H20N4O3. The number of hydrogen-bond donors (Lipinski definition) is 1. The second-order valence-corrected chi connectivity index (χ2v) is 5.98. The third kappa shape index (κ3) is 2.40. The van der Waals surface area contributed by atoms with Crippen molar-refractivity contribution in [2.45, 2.75) is 57.4 Å². The molecule has 1 aliphatic carbocycles. The van der Waals surface area contributed by atoms with Crippen molar-refractivity contribution in [3.05, 3.63) is 29.7 Å². The monoisotopic (exact) mass is 304 g/mol. The van der Waals surface area contributed by atoms with Gasteiger partial charge in [-0.1, -0.05) is 12.1 Å². The molecule has 2 aromatic heterocycles. The molecular weight excluding hydrogens is 284 g/mol. The molecule has 0 saturated heterocycles. The highest BCUT2D eigenvalue weighted by Crippen LogP contribution is 2.41. The van der Waals surface area contributed by atoms with E-state index in [9.17, 15) is 9.90 Å². The lowest BCUT2D eigenvalue weighted by Crippen LogP contribution is -2.45. The summed E-state index contributed by atoms with van der Waals surface area (Å²) in [6, 6.07) is 0. The Morgan fingerprint density at radius 1 is 1.50 bits per heavy atom. The summed E-state index contributed by atoms with van der Waals surface area (Å²) in [6.07, 6.45) is 6.67. The van der Waals surface area contributed by atoms with Gasteiger partial charge in [0, 0.05) is 18.5 Å². The molecule has 22 heavy (non-hydrogen) atoms. The van der Waals surface area contributed by atoms with Crippen LogP contribution >= 0.6 is 0 Å². The number of aromatic nitrogens is 4. The summed E-state index contributed by atoms with van der Waals surface area (Å²) in [5, 5.41) is 17.9. The van der Waals surface area contributed by atoms with Gasteiger partial charge >= 0.3 is 5.97 Å². The predicted molar refractivity (Wildman–Crippen MR) is 77.5 cm³/mol. The van der Waals surface area contributed by atoms with Crippen LogP contribution < -0.4 is 0 Å². The minimum absolute atomic E-state index is 0.136. The fourth-order valence-electron chi connectivity index (χ4n) is 3.11. The fourth-order valence-corrected chi connectivity index (χ4v) is 3.11. The number of aryl methyl sites for hydroxylation is 2. The maximum atomic E-state index is 11.9. The van der Waals surface area contributed by atoms with Crippen molar-refractivity contribution in [2.24, 2.45) is 0 Å². The molecule has 0 aliphatic heterocycles. The second kappa shape index (κ2) is 5.55. The van der Waals surface area contributed by atoms with Crippen LogP contribution in [0.1, 0.15) is 55.8 Å². The Hall–Kier alpha value is -2.18. The minimum Gasteiger partial charge on any atom is -0.479 e. The molecule has 7 nitrogen and oxygen atoms in total. The van der Waals surface area contributed by atoms with Crippen molar-refractivity contribution in [2.75, 3.05) is 0 Å². The summed E-state index contributed by atoms with van der Waals surface area (Å²) in [5.41, 5.74) is 0.00508. The first-order valence-corrected chi connectivity index (χ1v) is 7.63. The molecule has 0 radical (unpaired) electrons. The number of carboxylic acid groups (broad SMARTS) is 1. The van der Waals surface area contributed by atoms with E-state index in [0.717, 1.165) is 12.0 Å². The van der Waals surface area contributed by atoms with Gasteiger partial charge in [-0.05, 0) is 38.2 Å². The van der Waals surface area contributed by atoms with Gasteiger partial charge in [-0.2, -0.15) is 10.1 Å². The van der Waals surface area contributed by atoms with E-state index in [1.165, 1.54) is 0 Å². The highest BCUT2D eigenvalue weighted by Gasteiger charge is 2.45. The van der Waals surface area contributed by atoms with E-state index < -0.39 is 11.5 Å². The van der Waals surface area contributed by atoms with Crippen LogP contribution in [0.15, 0.2) is 16.9 Å². The Kier molecular flexibility index (Phi) is 3.72. The van der Waals surface area contributed by atoms with Crippen LogP contribution in [0.3, 0.4) is 0 Å². The van der Waals surface area contributed by atoms with E-state index in [1.54, 1.807) is 17.1 Å². The summed E-state index contributed by atoms with van der Waals surface area (Å²) in [4.78, 5) is 16.2. The molecule has 1 aliphatic rings. The van der Waals surface area contributed by atoms with Gasteiger partial charge in [-0.25, -0.2) is 4.79 Å². The van der Waals surface area contributed by atoms with Gasteiger partial charge in [0.05, 0.1) is 6.20 Å². The molecule has 3 rings (SSSR count). The van der Waals surface area contributed by atoms with Gasteiger partial charge in [0.1, 0.15) is 0 Å². The zero-order valence-electron chi connectivity index (χ0n) is 12.8. The van der Waals surface area contributed by atoms with Crippen LogP contribution in [-0.4, -0.2) is 31.0 Å². The Morgan fingerprint density at radius 2 is 2.23 bits per heavy atom. The largest absolute Gasteiger partial charge is 0.479 e. The molecule has 2 aromatic rings. The first-order chi connectivity index (χ1) is 10.5. The van der Waals surface area contributed by atoms with Crippen molar-refractivity contribution < 1.29 is 14.4 Å². The molecule has 2 heterocycles. The first kappa shape index (κ1) is 14.7. The lowest BCUT2D eigenvalue weighted by molar-refractivity contribution is -0.150. The smallest absolute Gasteiger partial charge is 0.331 e. The van der Waals surface area contributed by atoms with E-state index >= 15 is 0 Å². The lowest BCUT2D eigenvalue weighted by atomic mass is 9.76. The van der Waals surface area contributed by atoms with Gasteiger partial charge in [0.25, 0.3) is 0 Å². The van der Waals surface area contributed by atoms with E-state index in [4.69, 9.17) is 4.52 Å². The van der Waals surface area contributed by atoms with Crippen LogP contribution in [0.4, 0.5) is 0 Å². The third-order valence-electron chi connectivity index (χ3n) is 4.51. The summed E-state index contributed by atoms with van der Waals surface area (Å²) >= 11 is 0. The van der Waals surface area contributed by atoms with Gasteiger partial charge < -0.3 is 9.63 Å². The summed E-state index contributed by atoms with van der Waals surface area (Å²) in [6.45, 7) is 3.89. The maximum absolute atomic E-state index is 11.9. The van der Waals surface area contributed by atoms with Gasteiger partial charge in [-0.15, -0.1) is 0 Å². The standard InChI is InChI=1S/C15H20N4O3/c1-3-12-17-13(22-18-12)11-4-6-15(7-5-11,14(20)21)19-9-10(2)8-16-19/h8-9,11H,3-7H2,1-2H3,(H,20,21). The van der Waals surface area contributed by atoms with Crippen LogP contribution in [0.25, 0.3) is 0 Å². The van der Waals surface area contributed by atoms with E-state index in [0.29, 0.717) is 37.4 Å². The predicted octanol–water partition coefficient (Wildman–Crippen LogP) is 2.27. The maximum Gasteiger partial charge on any atom is 0.331 e. The first-order valence-electron chi connectivity index (χ1n) is 7.63. The zero-order chi connectivity index (χ0) is 15.7. The van der Waals surface area contributed by atoms with E-state index in [1.807, 2.05) is 13.8 Å². The molecule has 0 unspecified atom stereocenters. The van der Waals surface area contributed by atoms with Crippen LogP contribution in [-0.2, 0) is 16.8 Å². The Morgan fingerprint density at radius 3 is 2.73 bits per heavy atom. The topological polar surface area (TPSA) is 94.0 Å². The molecule has 0 spiro atoms. The summed E-state index contributed by atoms with van der Waals surface area (Å²) < 4.78 is 6.91. The molecule has 118 valence electrons.